The standard InChI is InChI=1S/C12H15FN2O/c1-2-8-15(9-6-7-9)12(16)10-4-3-5-11(13)14-10/h3-5,9H,2,6-8H2,1H3. The predicted octanol–water partition coefficient (Wildman–Crippen LogP) is 2.24. The largest absolute Gasteiger partial charge is 0.334 e. The van der Waals surface area contributed by atoms with E-state index in [1.807, 2.05) is 11.8 Å². The Hall–Kier alpha value is -1.45. The highest BCUT2D eigenvalue weighted by Gasteiger charge is 2.32. The van der Waals surface area contributed by atoms with Gasteiger partial charge >= 0.3 is 0 Å². The molecule has 1 aromatic heterocycles. The summed E-state index contributed by atoms with van der Waals surface area (Å²) in [5, 5.41) is 0. The maximum atomic E-state index is 12.9. The number of nitrogens with zero attached hydrogens (tertiary/aromatic N) is 2. The third-order valence-electron chi connectivity index (χ3n) is 2.65. The van der Waals surface area contributed by atoms with Gasteiger partial charge in [0.25, 0.3) is 5.91 Å². The summed E-state index contributed by atoms with van der Waals surface area (Å²) in [6.07, 6.45) is 3.03. The van der Waals surface area contributed by atoms with Crippen molar-refractivity contribution in [1.29, 1.82) is 0 Å². The van der Waals surface area contributed by atoms with Crippen LogP contribution in [0.15, 0.2) is 18.2 Å². The van der Waals surface area contributed by atoms with Gasteiger partial charge in [-0.3, -0.25) is 4.79 Å². The van der Waals surface area contributed by atoms with Gasteiger partial charge < -0.3 is 4.90 Å². The SMILES string of the molecule is CCCN(C(=O)c1cccc(F)n1)C1CC1. The molecule has 0 spiro atoms. The first-order valence-electron chi connectivity index (χ1n) is 5.66. The molecule has 0 atom stereocenters. The highest BCUT2D eigenvalue weighted by Crippen LogP contribution is 2.28. The molecule has 0 radical (unpaired) electrons. The van der Waals surface area contributed by atoms with E-state index in [-0.39, 0.29) is 11.6 Å². The molecule has 1 amide bonds. The Labute approximate surface area is 94.3 Å². The summed E-state index contributed by atoms with van der Waals surface area (Å²) >= 11 is 0. The van der Waals surface area contributed by atoms with Crippen LogP contribution < -0.4 is 0 Å². The lowest BCUT2D eigenvalue weighted by Crippen LogP contribution is -2.34. The zero-order valence-corrected chi connectivity index (χ0v) is 9.32. The van der Waals surface area contributed by atoms with E-state index in [4.69, 9.17) is 0 Å². The number of amides is 1. The van der Waals surface area contributed by atoms with E-state index in [0.29, 0.717) is 6.04 Å². The van der Waals surface area contributed by atoms with Crippen molar-refractivity contribution in [2.75, 3.05) is 6.54 Å². The molecule has 0 N–H and O–H groups in total. The number of rotatable bonds is 4. The lowest BCUT2D eigenvalue weighted by molar-refractivity contribution is 0.0736. The highest BCUT2D eigenvalue weighted by atomic mass is 19.1. The maximum absolute atomic E-state index is 12.9. The quantitative estimate of drug-likeness (QED) is 0.732. The van der Waals surface area contributed by atoms with Crippen molar-refractivity contribution in [1.82, 2.24) is 9.88 Å². The van der Waals surface area contributed by atoms with Gasteiger partial charge in [-0.2, -0.15) is 4.39 Å². The zero-order chi connectivity index (χ0) is 11.5. The van der Waals surface area contributed by atoms with Crippen LogP contribution in [0.25, 0.3) is 0 Å². The Kier molecular flexibility index (Phi) is 3.17. The fourth-order valence-electron chi connectivity index (χ4n) is 1.75. The topological polar surface area (TPSA) is 33.2 Å². The van der Waals surface area contributed by atoms with Gasteiger partial charge in [-0.15, -0.1) is 0 Å². The molecule has 1 saturated carbocycles. The summed E-state index contributed by atoms with van der Waals surface area (Å²) in [5.74, 6) is -0.748. The van der Waals surface area contributed by atoms with Crippen LogP contribution in [-0.4, -0.2) is 28.4 Å². The molecular formula is C12H15FN2O. The van der Waals surface area contributed by atoms with Crippen molar-refractivity contribution in [3.8, 4) is 0 Å². The molecule has 1 aliphatic carbocycles. The minimum absolute atomic E-state index is 0.149. The Balaban J connectivity index is 2.15. The van der Waals surface area contributed by atoms with E-state index in [2.05, 4.69) is 4.98 Å². The number of aromatic nitrogens is 1. The van der Waals surface area contributed by atoms with Gasteiger partial charge in [0.15, 0.2) is 0 Å². The molecule has 2 rings (SSSR count). The number of hydrogen-bond donors (Lipinski definition) is 0. The summed E-state index contributed by atoms with van der Waals surface area (Å²) in [6, 6.07) is 4.68. The summed E-state index contributed by atoms with van der Waals surface area (Å²) in [5.41, 5.74) is 0.209. The van der Waals surface area contributed by atoms with Gasteiger partial charge in [0, 0.05) is 12.6 Å². The monoisotopic (exact) mass is 222 g/mol. The first-order valence-corrected chi connectivity index (χ1v) is 5.66. The van der Waals surface area contributed by atoms with Gasteiger partial charge in [0.1, 0.15) is 5.69 Å². The second-order valence-corrected chi connectivity index (χ2v) is 4.08. The molecule has 3 nitrogen and oxygen atoms in total. The number of carbonyl (C=O) groups is 1. The van der Waals surface area contributed by atoms with Crippen molar-refractivity contribution in [2.24, 2.45) is 0 Å². The number of halogens is 1. The third-order valence-corrected chi connectivity index (χ3v) is 2.65. The van der Waals surface area contributed by atoms with Crippen molar-refractivity contribution < 1.29 is 9.18 Å². The van der Waals surface area contributed by atoms with Gasteiger partial charge in [-0.05, 0) is 31.4 Å². The molecule has 0 aromatic carbocycles. The molecule has 16 heavy (non-hydrogen) atoms. The van der Waals surface area contributed by atoms with Crippen LogP contribution in [0.3, 0.4) is 0 Å². The van der Waals surface area contributed by atoms with Gasteiger partial charge in [-0.1, -0.05) is 13.0 Å². The van der Waals surface area contributed by atoms with Crippen molar-refractivity contribution >= 4 is 5.91 Å². The molecule has 0 unspecified atom stereocenters. The van der Waals surface area contributed by atoms with Gasteiger partial charge in [0.05, 0.1) is 0 Å². The number of hydrogen-bond acceptors (Lipinski definition) is 2. The van der Waals surface area contributed by atoms with E-state index in [1.54, 1.807) is 6.07 Å². The molecule has 1 heterocycles. The Morgan fingerprint density at radius 2 is 2.31 bits per heavy atom. The number of carbonyl (C=O) groups excluding carboxylic acids is 1. The predicted molar refractivity (Wildman–Crippen MR) is 58.5 cm³/mol. The van der Waals surface area contributed by atoms with Crippen molar-refractivity contribution in [3.05, 3.63) is 29.8 Å². The molecule has 1 fully saturated rings. The van der Waals surface area contributed by atoms with Crippen LogP contribution in [0.5, 0.6) is 0 Å². The Morgan fingerprint density at radius 1 is 1.56 bits per heavy atom. The van der Waals surface area contributed by atoms with E-state index >= 15 is 0 Å². The van der Waals surface area contributed by atoms with Crippen LogP contribution in [0.1, 0.15) is 36.7 Å². The average Bonchev–Trinajstić information content (AvgIpc) is 3.09. The summed E-state index contributed by atoms with van der Waals surface area (Å²) in [7, 11) is 0. The van der Waals surface area contributed by atoms with Crippen LogP contribution in [0.2, 0.25) is 0 Å². The molecule has 4 heteroatoms. The molecule has 0 aliphatic heterocycles. The summed E-state index contributed by atoms with van der Waals surface area (Å²) in [6.45, 7) is 2.75. The highest BCUT2D eigenvalue weighted by molar-refractivity contribution is 5.92. The molecule has 1 aromatic rings. The Bertz CT molecular complexity index is 390. The molecule has 0 bridgehead atoms. The van der Waals surface area contributed by atoms with E-state index < -0.39 is 5.95 Å². The van der Waals surface area contributed by atoms with Crippen molar-refractivity contribution in [3.63, 3.8) is 0 Å². The lowest BCUT2D eigenvalue weighted by Gasteiger charge is -2.21. The molecule has 1 aliphatic rings. The van der Waals surface area contributed by atoms with Gasteiger partial charge in [0.2, 0.25) is 5.95 Å². The van der Waals surface area contributed by atoms with Crippen LogP contribution in [-0.2, 0) is 0 Å². The maximum Gasteiger partial charge on any atom is 0.272 e. The van der Waals surface area contributed by atoms with Crippen LogP contribution in [0.4, 0.5) is 4.39 Å². The average molecular weight is 222 g/mol. The van der Waals surface area contributed by atoms with Crippen LogP contribution >= 0.6 is 0 Å². The molecular weight excluding hydrogens is 207 g/mol. The first kappa shape index (κ1) is 11.0. The van der Waals surface area contributed by atoms with Gasteiger partial charge in [-0.25, -0.2) is 4.98 Å². The minimum atomic E-state index is -0.599. The second-order valence-electron chi connectivity index (χ2n) is 4.08. The Morgan fingerprint density at radius 3 is 2.88 bits per heavy atom. The fourth-order valence-corrected chi connectivity index (χ4v) is 1.75. The molecule has 86 valence electrons. The molecule has 0 saturated heterocycles. The van der Waals surface area contributed by atoms with E-state index in [9.17, 15) is 9.18 Å². The third kappa shape index (κ3) is 2.38. The zero-order valence-electron chi connectivity index (χ0n) is 9.32. The smallest absolute Gasteiger partial charge is 0.272 e. The summed E-state index contributed by atoms with van der Waals surface area (Å²) < 4.78 is 12.9. The minimum Gasteiger partial charge on any atom is -0.334 e. The second kappa shape index (κ2) is 4.60. The fraction of sp³-hybridized carbons (Fsp3) is 0.500. The normalized spacial score (nSPS) is 14.9. The van der Waals surface area contributed by atoms with Crippen molar-refractivity contribution in [2.45, 2.75) is 32.2 Å². The lowest BCUT2D eigenvalue weighted by atomic mass is 10.3. The van der Waals surface area contributed by atoms with E-state index in [1.165, 1.54) is 12.1 Å². The van der Waals surface area contributed by atoms with E-state index in [0.717, 1.165) is 25.8 Å². The van der Waals surface area contributed by atoms with Crippen LogP contribution in [0, 0.1) is 5.95 Å². The summed E-state index contributed by atoms with van der Waals surface area (Å²) in [4.78, 5) is 17.5. The first-order chi connectivity index (χ1) is 7.72. The number of pyridine rings is 1.